The van der Waals surface area contributed by atoms with Gasteiger partial charge in [-0.25, -0.2) is 9.37 Å². The molecule has 1 fully saturated rings. The Morgan fingerprint density at radius 1 is 1.52 bits per heavy atom. The van der Waals surface area contributed by atoms with E-state index in [1.165, 1.54) is 0 Å². The van der Waals surface area contributed by atoms with Crippen LogP contribution in [-0.4, -0.2) is 49.2 Å². The second-order valence-electron chi connectivity index (χ2n) is 6.31. The van der Waals surface area contributed by atoms with Gasteiger partial charge in [-0.1, -0.05) is 13.8 Å². The topological polar surface area (TPSA) is 31.4 Å². The second kappa shape index (κ2) is 7.18. The fourth-order valence-electron chi connectivity index (χ4n) is 2.80. The molecule has 1 aliphatic heterocycles. The van der Waals surface area contributed by atoms with Crippen LogP contribution in [0.1, 0.15) is 32.3 Å². The normalized spacial score (nSPS) is 20.0. The lowest BCUT2D eigenvalue weighted by Gasteiger charge is -2.36. The van der Waals surface area contributed by atoms with E-state index < -0.39 is 0 Å². The van der Waals surface area contributed by atoms with E-state index in [1.54, 1.807) is 12.3 Å². The van der Waals surface area contributed by atoms with Gasteiger partial charge in [0.1, 0.15) is 0 Å². The van der Waals surface area contributed by atoms with Crippen LogP contribution >= 0.6 is 0 Å². The Hall–Kier alpha value is -1.20. The summed E-state index contributed by atoms with van der Waals surface area (Å²) in [6.07, 6.45) is 3.96. The summed E-state index contributed by atoms with van der Waals surface area (Å²) >= 11 is 0. The highest BCUT2D eigenvalue weighted by Gasteiger charge is 2.24. The lowest BCUT2D eigenvalue weighted by molar-refractivity contribution is 0.247. The van der Waals surface area contributed by atoms with Gasteiger partial charge < -0.3 is 15.1 Å². The Bertz CT molecular complexity index is 464. The van der Waals surface area contributed by atoms with Gasteiger partial charge in [0.15, 0.2) is 11.6 Å². The van der Waals surface area contributed by atoms with Crippen molar-refractivity contribution < 1.29 is 4.39 Å². The van der Waals surface area contributed by atoms with E-state index >= 15 is 0 Å². The molecule has 0 radical (unpaired) electrons. The Labute approximate surface area is 127 Å². The zero-order chi connectivity index (χ0) is 15.4. The molecule has 5 heteroatoms. The predicted octanol–water partition coefficient (Wildman–Crippen LogP) is 2.25. The monoisotopic (exact) mass is 294 g/mol. The van der Waals surface area contributed by atoms with E-state index in [-0.39, 0.29) is 5.82 Å². The molecule has 0 spiro atoms. The van der Waals surface area contributed by atoms with Crippen LogP contribution in [0.25, 0.3) is 0 Å². The van der Waals surface area contributed by atoms with Gasteiger partial charge in [0.25, 0.3) is 0 Å². The van der Waals surface area contributed by atoms with E-state index in [0.29, 0.717) is 30.0 Å². The highest BCUT2D eigenvalue weighted by Crippen LogP contribution is 2.23. The van der Waals surface area contributed by atoms with Crippen LogP contribution in [0.5, 0.6) is 0 Å². The number of likely N-dealkylation sites (tertiary alicyclic amines) is 1. The number of rotatable bonds is 5. The van der Waals surface area contributed by atoms with Crippen molar-refractivity contribution in [1.29, 1.82) is 0 Å². The number of hydrogen-bond acceptors (Lipinski definition) is 4. The number of anilines is 1. The maximum Gasteiger partial charge on any atom is 0.170 e. The minimum atomic E-state index is -0.193. The van der Waals surface area contributed by atoms with Crippen LogP contribution in [0.2, 0.25) is 0 Å². The Kier molecular flexibility index (Phi) is 5.53. The molecule has 1 saturated heterocycles. The van der Waals surface area contributed by atoms with E-state index in [9.17, 15) is 4.39 Å². The van der Waals surface area contributed by atoms with Crippen LogP contribution in [0.15, 0.2) is 12.3 Å². The summed E-state index contributed by atoms with van der Waals surface area (Å²) in [5.41, 5.74) is 0.685. The molecular formula is C16H27FN4. The molecule has 0 aliphatic carbocycles. The van der Waals surface area contributed by atoms with E-state index in [0.717, 1.165) is 25.9 Å². The molecule has 0 amide bonds. The first-order valence-electron chi connectivity index (χ1n) is 7.77. The number of piperidine rings is 1. The largest absolute Gasteiger partial charge is 0.353 e. The molecule has 1 unspecified atom stereocenters. The smallest absolute Gasteiger partial charge is 0.170 e. The molecule has 1 atom stereocenters. The molecule has 1 aromatic heterocycles. The van der Waals surface area contributed by atoms with E-state index in [1.807, 2.05) is 11.9 Å². The van der Waals surface area contributed by atoms with Gasteiger partial charge in [0.05, 0.1) is 0 Å². The lowest BCUT2D eigenvalue weighted by Crippen LogP contribution is -2.45. The number of nitrogens with zero attached hydrogens (tertiary/aromatic N) is 3. The molecule has 1 N–H and O–H groups in total. The van der Waals surface area contributed by atoms with Crippen molar-refractivity contribution in [1.82, 2.24) is 15.2 Å². The number of aromatic nitrogens is 1. The first-order valence-corrected chi connectivity index (χ1v) is 7.77. The van der Waals surface area contributed by atoms with Gasteiger partial charge in [-0.2, -0.15) is 0 Å². The highest BCUT2D eigenvalue weighted by molar-refractivity contribution is 5.43. The van der Waals surface area contributed by atoms with Crippen molar-refractivity contribution >= 4 is 5.82 Å². The summed E-state index contributed by atoms with van der Waals surface area (Å²) in [6.45, 7) is 6.75. The Morgan fingerprint density at radius 3 is 2.95 bits per heavy atom. The highest BCUT2D eigenvalue weighted by atomic mass is 19.1. The fourth-order valence-corrected chi connectivity index (χ4v) is 2.80. The maximum absolute atomic E-state index is 14.7. The molecular weight excluding hydrogens is 267 g/mol. The molecule has 118 valence electrons. The number of pyridine rings is 1. The van der Waals surface area contributed by atoms with Gasteiger partial charge in [-0.3, -0.25) is 0 Å². The Balaban J connectivity index is 2.13. The average molecular weight is 294 g/mol. The minimum absolute atomic E-state index is 0.193. The fraction of sp³-hybridized carbons (Fsp3) is 0.688. The van der Waals surface area contributed by atoms with Crippen LogP contribution in [0.3, 0.4) is 0 Å². The van der Waals surface area contributed by atoms with E-state index in [4.69, 9.17) is 0 Å². The average Bonchev–Trinajstić information content (AvgIpc) is 2.45. The van der Waals surface area contributed by atoms with Crippen LogP contribution < -0.4 is 10.2 Å². The van der Waals surface area contributed by atoms with Gasteiger partial charge in [-0.15, -0.1) is 0 Å². The first-order chi connectivity index (χ1) is 9.99. The van der Waals surface area contributed by atoms with Crippen LogP contribution in [0.4, 0.5) is 10.2 Å². The zero-order valence-electron chi connectivity index (χ0n) is 13.6. The summed E-state index contributed by atoms with van der Waals surface area (Å²) in [5, 5.41) is 3.26. The minimum Gasteiger partial charge on any atom is -0.353 e. The second-order valence-corrected chi connectivity index (χ2v) is 6.31. The maximum atomic E-state index is 14.7. The molecule has 0 bridgehead atoms. The first kappa shape index (κ1) is 16.2. The summed E-state index contributed by atoms with van der Waals surface area (Å²) in [6, 6.07) is 2.43. The predicted molar refractivity (Wildman–Crippen MR) is 85.1 cm³/mol. The lowest BCUT2D eigenvalue weighted by atomic mass is 10.0. The quantitative estimate of drug-likeness (QED) is 0.902. The molecule has 0 aromatic carbocycles. The molecule has 1 aromatic rings. The molecule has 4 nitrogen and oxygen atoms in total. The van der Waals surface area contributed by atoms with Crippen molar-refractivity contribution in [2.45, 2.75) is 45.3 Å². The van der Waals surface area contributed by atoms with Crippen molar-refractivity contribution in [3.63, 3.8) is 0 Å². The molecule has 21 heavy (non-hydrogen) atoms. The number of likely N-dealkylation sites (N-methyl/N-ethyl adjacent to an activating group) is 2. The Morgan fingerprint density at radius 2 is 2.29 bits per heavy atom. The van der Waals surface area contributed by atoms with Crippen LogP contribution in [0, 0.1) is 5.82 Å². The molecule has 2 heterocycles. The third-order valence-electron chi connectivity index (χ3n) is 4.13. The van der Waals surface area contributed by atoms with Gasteiger partial charge in [0, 0.05) is 44.0 Å². The SMILES string of the molecule is CC(C)NCc1ccnc(N(C)C2CCCN(C)C2)c1F. The van der Waals surface area contributed by atoms with Gasteiger partial charge in [-0.05, 0) is 32.5 Å². The molecule has 2 rings (SSSR count). The number of halogens is 1. The summed E-state index contributed by atoms with van der Waals surface area (Å²) in [7, 11) is 4.07. The van der Waals surface area contributed by atoms with Crippen molar-refractivity contribution in [3.05, 3.63) is 23.6 Å². The summed E-state index contributed by atoms with van der Waals surface area (Å²) in [5.74, 6) is 0.278. The van der Waals surface area contributed by atoms with Gasteiger partial charge in [0.2, 0.25) is 0 Å². The molecule has 1 aliphatic rings. The van der Waals surface area contributed by atoms with Crippen LogP contribution in [-0.2, 0) is 6.54 Å². The molecule has 0 saturated carbocycles. The summed E-state index contributed by atoms with van der Waals surface area (Å²) in [4.78, 5) is 8.57. The third kappa shape index (κ3) is 4.14. The summed E-state index contributed by atoms with van der Waals surface area (Å²) < 4.78 is 14.7. The van der Waals surface area contributed by atoms with Crippen molar-refractivity contribution in [2.75, 3.05) is 32.1 Å². The third-order valence-corrected chi connectivity index (χ3v) is 4.13. The van der Waals surface area contributed by atoms with E-state index in [2.05, 4.69) is 36.1 Å². The standard InChI is InChI=1S/C16H27FN4/c1-12(2)19-10-13-7-8-18-16(15(13)17)21(4)14-6-5-9-20(3)11-14/h7-8,12,14,19H,5-6,9-11H2,1-4H3. The van der Waals surface area contributed by atoms with Crippen molar-refractivity contribution in [2.24, 2.45) is 0 Å². The van der Waals surface area contributed by atoms with Gasteiger partial charge >= 0.3 is 0 Å². The number of nitrogens with one attached hydrogen (secondary N) is 1. The zero-order valence-corrected chi connectivity index (χ0v) is 13.6. The van der Waals surface area contributed by atoms with Crippen molar-refractivity contribution in [3.8, 4) is 0 Å². The number of hydrogen-bond donors (Lipinski definition) is 1.